The van der Waals surface area contributed by atoms with Gasteiger partial charge < -0.3 is 9.84 Å². The second kappa shape index (κ2) is 11.0. The first-order chi connectivity index (χ1) is 17.8. The van der Waals surface area contributed by atoms with Crippen molar-refractivity contribution in [1.29, 1.82) is 5.26 Å². The van der Waals surface area contributed by atoms with Gasteiger partial charge in [-0.2, -0.15) is 5.26 Å². The number of rotatable bonds is 10. The molecule has 3 atom stereocenters. The average molecular weight is 523 g/mol. The van der Waals surface area contributed by atoms with E-state index in [-0.39, 0.29) is 22.5 Å². The fourth-order valence-corrected chi connectivity index (χ4v) is 6.91. The summed E-state index contributed by atoms with van der Waals surface area (Å²) in [6.07, 6.45) is 6.22. The van der Waals surface area contributed by atoms with Gasteiger partial charge in [-0.1, -0.05) is 25.5 Å². The number of hydrogen-bond acceptors (Lipinski definition) is 6. The Hall–Kier alpha value is -3.31. The standard InChI is InChI=1S/C29H34N2O5S/c1-3-24-8-4-5-16-29(24,36-19-32)28(33)20(2)27(22-12-13-22)23-7-6-9-25(17-23)31-37(34,35)26-14-10-21(18-30)11-15-26/h6-7,9-11,14-15,17,19,22,24,27,31,33H,3-5,8,12-13,16H2,1-2H3/b28-20-. The number of benzene rings is 2. The van der Waals surface area contributed by atoms with E-state index < -0.39 is 15.6 Å². The summed E-state index contributed by atoms with van der Waals surface area (Å²) in [5.41, 5.74) is 1.46. The molecule has 7 nitrogen and oxygen atoms in total. The Labute approximate surface area is 219 Å². The zero-order chi connectivity index (χ0) is 26.6. The Bertz CT molecular complexity index is 1310. The van der Waals surface area contributed by atoms with Crippen LogP contribution in [0.2, 0.25) is 0 Å². The van der Waals surface area contributed by atoms with Crippen LogP contribution in [0.1, 0.15) is 75.8 Å². The number of nitriles is 1. The van der Waals surface area contributed by atoms with Crippen molar-refractivity contribution in [3.8, 4) is 6.07 Å². The topological polar surface area (TPSA) is 116 Å². The molecule has 2 saturated carbocycles. The molecule has 2 aromatic rings. The molecule has 0 radical (unpaired) electrons. The van der Waals surface area contributed by atoms with Crippen LogP contribution in [-0.2, 0) is 19.6 Å². The van der Waals surface area contributed by atoms with Gasteiger partial charge >= 0.3 is 0 Å². The van der Waals surface area contributed by atoms with Crippen molar-refractivity contribution >= 4 is 22.2 Å². The van der Waals surface area contributed by atoms with Crippen LogP contribution in [-0.4, -0.2) is 25.6 Å². The van der Waals surface area contributed by atoms with Crippen LogP contribution in [0, 0.1) is 23.2 Å². The third kappa shape index (κ3) is 5.52. The van der Waals surface area contributed by atoms with E-state index in [2.05, 4.69) is 11.6 Å². The second-order valence-corrected chi connectivity index (χ2v) is 11.9. The molecular formula is C29H34N2O5S. The smallest absolute Gasteiger partial charge is 0.294 e. The van der Waals surface area contributed by atoms with E-state index in [9.17, 15) is 18.3 Å². The number of carbonyl (C=O) groups excluding carboxylic acids is 1. The first kappa shape index (κ1) is 26.7. The second-order valence-electron chi connectivity index (χ2n) is 10.2. The highest BCUT2D eigenvalue weighted by molar-refractivity contribution is 7.92. The lowest BCUT2D eigenvalue weighted by Gasteiger charge is -2.43. The molecule has 2 aliphatic carbocycles. The fraction of sp³-hybridized carbons (Fsp3) is 0.448. The van der Waals surface area contributed by atoms with Crippen molar-refractivity contribution in [3.05, 3.63) is 71.0 Å². The van der Waals surface area contributed by atoms with Crippen molar-refractivity contribution in [2.24, 2.45) is 11.8 Å². The summed E-state index contributed by atoms with van der Waals surface area (Å²) in [6, 6.07) is 15.0. The monoisotopic (exact) mass is 522 g/mol. The first-order valence-electron chi connectivity index (χ1n) is 12.9. The molecule has 8 heteroatoms. The van der Waals surface area contributed by atoms with Gasteiger partial charge in [0.05, 0.1) is 16.5 Å². The molecule has 2 aromatic carbocycles. The SMILES string of the molecule is CCC1CCCCC1(OC=O)/C(O)=C(\C)C(c1cccc(NS(=O)(=O)c2ccc(C#N)cc2)c1)C1CC1. The maximum absolute atomic E-state index is 13.0. The minimum absolute atomic E-state index is 0.0480. The third-order valence-corrected chi connectivity index (χ3v) is 9.28. The van der Waals surface area contributed by atoms with E-state index in [4.69, 9.17) is 10.00 Å². The maximum atomic E-state index is 13.0. The number of allylic oxidation sites excluding steroid dienone is 1. The van der Waals surface area contributed by atoms with Gasteiger partial charge in [0.1, 0.15) is 5.76 Å². The third-order valence-electron chi connectivity index (χ3n) is 7.89. The Morgan fingerprint density at radius 3 is 2.57 bits per heavy atom. The van der Waals surface area contributed by atoms with Gasteiger partial charge in [0.25, 0.3) is 16.5 Å². The number of nitrogens with one attached hydrogen (secondary N) is 1. The number of hydrogen-bond donors (Lipinski definition) is 2. The Kier molecular flexibility index (Phi) is 7.93. The summed E-state index contributed by atoms with van der Waals surface area (Å²) in [5.74, 6) is 0.397. The number of aliphatic hydroxyl groups excluding tert-OH is 1. The molecule has 2 N–H and O–H groups in total. The molecule has 0 spiro atoms. The van der Waals surface area contributed by atoms with Gasteiger partial charge in [-0.15, -0.1) is 0 Å². The van der Waals surface area contributed by atoms with Crippen LogP contribution < -0.4 is 4.72 Å². The summed E-state index contributed by atoms with van der Waals surface area (Å²) in [7, 11) is -3.85. The minimum Gasteiger partial charge on any atom is -0.508 e. The molecule has 0 heterocycles. The van der Waals surface area contributed by atoms with Gasteiger partial charge in [0, 0.05) is 17.5 Å². The van der Waals surface area contributed by atoms with Crippen molar-refractivity contribution in [2.75, 3.05) is 4.72 Å². The van der Waals surface area contributed by atoms with Crippen LogP contribution in [0.15, 0.2) is 64.8 Å². The van der Waals surface area contributed by atoms with E-state index >= 15 is 0 Å². The van der Waals surface area contributed by atoms with Gasteiger partial charge in [-0.3, -0.25) is 9.52 Å². The molecule has 4 rings (SSSR count). The number of sulfonamides is 1. The molecule has 0 bridgehead atoms. The molecule has 0 aromatic heterocycles. The predicted molar refractivity (Wildman–Crippen MR) is 141 cm³/mol. The highest BCUT2D eigenvalue weighted by Gasteiger charge is 2.48. The van der Waals surface area contributed by atoms with Crippen molar-refractivity contribution in [2.45, 2.75) is 75.2 Å². The van der Waals surface area contributed by atoms with Crippen LogP contribution in [0.25, 0.3) is 0 Å². The normalized spacial score (nSPS) is 23.3. The van der Waals surface area contributed by atoms with Crippen molar-refractivity contribution in [1.82, 2.24) is 0 Å². The van der Waals surface area contributed by atoms with Crippen LogP contribution in [0.3, 0.4) is 0 Å². The van der Waals surface area contributed by atoms with Crippen molar-refractivity contribution in [3.63, 3.8) is 0 Å². The molecule has 0 amide bonds. The Morgan fingerprint density at radius 1 is 1.22 bits per heavy atom. The largest absolute Gasteiger partial charge is 0.508 e. The molecule has 2 fully saturated rings. The quantitative estimate of drug-likeness (QED) is 0.284. The molecule has 0 saturated heterocycles. The van der Waals surface area contributed by atoms with Gasteiger partial charge in [0.2, 0.25) is 0 Å². The molecule has 196 valence electrons. The first-order valence-corrected chi connectivity index (χ1v) is 14.4. The molecule has 37 heavy (non-hydrogen) atoms. The fourth-order valence-electron chi connectivity index (χ4n) is 5.86. The summed E-state index contributed by atoms with van der Waals surface area (Å²) in [5, 5.41) is 20.6. The lowest BCUT2D eigenvalue weighted by molar-refractivity contribution is -0.153. The number of ether oxygens (including phenoxy) is 1. The van der Waals surface area contributed by atoms with E-state index in [1.54, 1.807) is 12.1 Å². The molecule has 0 aliphatic heterocycles. The molecule has 3 unspecified atom stereocenters. The Morgan fingerprint density at radius 2 is 1.95 bits per heavy atom. The minimum atomic E-state index is -3.85. The van der Waals surface area contributed by atoms with Gasteiger partial charge in [0.15, 0.2) is 5.60 Å². The molecular weight excluding hydrogens is 488 g/mol. The summed E-state index contributed by atoms with van der Waals surface area (Å²) < 4.78 is 34.3. The average Bonchev–Trinajstić information content (AvgIpc) is 3.74. The number of anilines is 1. The number of carbonyl (C=O) groups is 1. The highest BCUT2D eigenvalue weighted by Crippen LogP contribution is 2.51. The van der Waals surface area contributed by atoms with E-state index in [1.807, 2.05) is 25.1 Å². The summed E-state index contributed by atoms with van der Waals surface area (Å²) in [4.78, 5) is 11.6. The molecule has 2 aliphatic rings. The zero-order valence-electron chi connectivity index (χ0n) is 21.3. The lowest BCUT2D eigenvalue weighted by Crippen LogP contribution is -2.45. The van der Waals surface area contributed by atoms with Crippen LogP contribution in [0.4, 0.5) is 5.69 Å². The number of aliphatic hydroxyl groups is 1. The van der Waals surface area contributed by atoms with Crippen molar-refractivity contribution < 1.29 is 23.1 Å². The Balaban J connectivity index is 1.68. The highest BCUT2D eigenvalue weighted by atomic mass is 32.2. The summed E-state index contributed by atoms with van der Waals surface area (Å²) in [6.45, 7) is 4.43. The van der Waals surface area contributed by atoms with Crippen LogP contribution >= 0.6 is 0 Å². The lowest BCUT2D eigenvalue weighted by atomic mass is 9.70. The zero-order valence-corrected chi connectivity index (χ0v) is 22.1. The number of nitrogens with zero attached hydrogens (tertiary/aromatic N) is 1. The van der Waals surface area contributed by atoms with Gasteiger partial charge in [-0.05, 0) is 98.9 Å². The van der Waals surface area contributed by atoms with E-state index in [0.29, 0.717) is 30.1 Å². The maximum Gasteiger partial charge on any atom is 0.294 e. The summed E-state index contributed by atoms with van der Waals surface area (Å²) >= 11 is 0. The van der Waals surface area contributed by atoms with E-state index in [0.717, 1.165) is 49.7 Å². The van der Waals surface area contributed by atoms with E-state index in [1.165, 1.54) is 24.3 Å². The predicted octanol–water partition coefficient (Wildman–Crippen LogP) is 6.20. The van der Waals surface area contributed by atoms with Crippen LogP contribution in [0.5, 0.6) is 0 Å². The van der Waals surface area contributed by atoms with Gasteiger partial charge in [-0.25, -0.2) is 8.42 Å².